The van der Waals surface area contributed by atoms with Crippen LogP contribution in [-0.2, 0) is 11.2 Å². The van der Waals surface area contributed by atoms with E-state index in [1.165, 1.54) is 16.7 Å². The van der Waals surface area contributed by atoms with Crippen molar-refractivity contribution in [2.75, 3.05) is 13.2 Å². The molecule has 1 heterocycles. The highest BCUT2D eigenvalue weighted by Gasteiger charge is 2.15. The molecule has 0 spiro atoms. The van der Waals surface area contributed by atoms with E-state index in [0.717, 1.165) is 23.5 Å². The molecule has 1 aliphatic heterocycles. The van der Waals surface area contributed by atoms with E-state index < -0.39 is 0 Å². The number of hydrogen-bond donors (Lipinski definition) is 1. The average Bonchev–Trinajstić information content (AvgIpc) is 2.62. The van der Waals surface area contributed by atoms with Gasteiger partial charge in [-0.1, -0.05) is 24.3 Å². The summed E-state index contributed by atoms with van der Waals surface area (Å²) in [6.07, 6.45) is 1.23. The predicted molar refractivity (Wildman–Crippen MR) is 98.2 cm³/mol. The van der Waals surface area contributed by atoms with Gasteiger partial charge in [0, 0.05) is 6.42 Å². The number of fused-ring (bicyclic) bond motifs is 1. The number of aryl methyl sites for hydroxylation is 3. The number of nitrogens with one attached hydrogen (secondary N) is 1. The Morgan fingerprint density at radius 2 is 1.80 bits per heavy atom. The molecule has 0 saturated heterocycles. The van der Waals surface area contributed by atoms with E-state index in [1.807, 2.05) is 25.1 Å². The van der Waals surface area contributed by atoms with E-state index in [0.29, 0.717) is 19.6 Å². The summed E-state index contributed by atoms with van der Waals surface area (Å²) in [6.45, 7) is 7.33. The van der Waals surface area contributed by atoms with Crippen LogP contribution in [0.3, 0.4) is 0 Å². The molecule has 3 rings (SSSR count). The van der Waals surface area contributed by atoms with E-state index >= 15 is 0 Å². The Hall–Kier alpha value is -2.49. The molecule has 0 saturated carbocycles. The molecule has 1 amide bonds. The zero-order valence-corrected chi connectivity index (χ0v) is 15.1. The molecule has 1 atom stereocenters. The highest BCUT2D eigenvalue weighted by atomic mass is 16.6. The summed E-state index contributed by atoms with van der Waals surface area (Å²) in [4.78, 5) is 12.3. The number of ether oxygens (including phenoxy) is 2. The largest absolute Gasteiger partial charge is 0.486 e. The molecule has 1 aliphatic rings. The molecule has 1 N–H and O–H groups in total. The highest BCUT2D eigenvalue weighted by molar-refractivity contribution is 5.76. The lowest BCUT2D eigenvalue weighted by Gasteiger charge is -2.21. The van der Waals surface area contributed by atoms with Gasteiger partial charge in [0.05, 0.1) is 6.04 Å². The Kier molecular flexibility index (Phi) is 5.27. The lowest BCUT2D eigenvalue weighted by molar-refractivity contribution is -0.121. The van der Waals surface area contributed by atoms with Crippen LogP contribution in [0.15, 0.2) is 36.4 Å². The van der Waals surface area contributed by atoms with Gasteiger partial charge in [0.1, 0.15) is 13.2 Å². The Balaban J connectivity index is 1.56. The van der Waals surface area contributed by atoms with Crippen LogP contribution in [0, 0.1) is 13.8 Å². The minimum atomic E-state index is -0.0666. The Morgan fingerprint density at radius 1 is 1.04 bits per heavy atom. The summed E-state index contributed by atoms with van der Waals surface area (Å²) in [7, 11) is 0. The molecule has 0 aliphatic carbocycles. The fraction of sp³-hybridized carbons (Fsp3) is 0.381. The molecule has 4 heteroatoms. The third-order valence-electron chi connectivity index (χ3n) is 4.66. The lowest BCUT2D eigenvalue weighted by Crippen LogP contribution is -2.27. The van der Waals surface area contributed by atoms with Gasteiger partial charge in [-0.25, -0.2) is 0 Å². The maximum Gasteiger partial charge on any atom is 0.220 e. The zero-order valence-electron chi connectivity index (χ0n) is 15.1. The van der Waals surface area contributed by atoms with Crippen LogP contribution in [0.1, 0.15) is 41.6 Å². The molecule has 25 heavy (non-hydrogen) atoms. The topological polar surface area (TPSA) is 47.6 Å². The van der Waals surface area contributed by atoms with Gasteiger partial charge in [-0.3, -0.25) is 4.79 Å². The first kappa shape index (κ1) is 17.3. The van der Waals surface area contributed by atoms with Crippen molar-refractivity contribution < 1.29 is 14.3 Å². The monoisotopic (exact) mass is 339 g/mol. The van der Waals surface area contributed by atoms with Crippen LogP contribution >= 0.6 is 0 Å². The highest BCUT2D eigenvalue weighted by Crippen LogP contribution is 2.32. The molecular formula is C21H25NO3. The Labute approximate surface area is 149 Å². The van der Waals surface area contributed by atoms with E-state index in [-0.39, 0.29) is 11.9 Å². The van der Waals surface area contributed by atoms with Crippen molar-refractivity contribution in [3.05, 3.63) is 58.7 Å². The van der Waals surface area contributed by atoms with Crippen molar-refractivity contribution in [1.29, 1.82) is 0 Å². The van der Waals surface area contributed by atoms with E-state index in [9.17, 15) is 4.79 Å². The van der Waals surface area contributed by atoms with Crippen LogP contribution < -0.4 is 14.8 Å². The number of carbonyl (C=O) groups excluding carboxylic acids is 1. The SMILES string of the molecule is Cc1ccc(CCC(=O)NC(C)c2ccc3c(c2)OCCO3)cc1C. The first-order valence-electron chi connectivity index (χ1n) is 8.78. The molecule has 0 fully saturated rings. The molecule has 2 aromatic rings. The van der Waals surface area contributed by atoms with Crippen molar-refractivity contribution in [2.24, 2.45) is 0 Å². The first-order chi connectivity index (χ1) is 12.0. The molecule has 4 nitrogen and oxygen atoms in total. The molecule has 132 valence electrons. The van der Waals surface area contributed by atoms with Crippen LogP contribution in [0.25, 0.3) is 0 Å². The fourth-order valence-electron chi connectivity index (χ4n) is 2.94. The minimum Gasteiger partial charge on any atom is -0.486 e. The minimum absolute atomic E-state index is 0.0561. The summed E-state index contributed by atoms with van der Waals surface area (Å²) in [5, 5.41) is 3.06. The normalized spacial score (nSPS) is 14.0. The Bertz CT molecular complexity index is 770. The van der Waals surface area contributed by atoms with Crippen molar-refractivity contribution in [3.8, 4) is 11.5 Å². The second-order valence-corrected chi connectivity index (χ2v) is 6.61. The number of amides is 1. The fourth-order valence-corrected chi connectivity index (χ4v) is 2.94. The van der Waals surface area contributed by atoms with Gasteiger partial charge in [0.15, 0.2) is 11.5 Å². The van der Waals surface area contributed by atoms with Crippen LogP contribution in [0.4, 0.5) is 0 Å². The van der Waals surface area contributed by atoms with Gasteiger partial charge < -0.3 is 14.8 Å². The number of carbonyl (C=O) groups is 1. The van der Waals surface area contributed by atoms with Crippen LogP contribution in [-0.4, -0.2) is 19.1 Å². The molecule has 2 aromatic carbocycles. The van der Waals surface area contributed by atoms with Gasteiger partial charge in [-0.15, -0.1) is 0 Å². The van der Waals surface area contributed by atoms with Gasteiger partial charge >= 0.3 is 0 Å². The third kappa shape index (κ3) is 4.32. The second kappa shape index (κ2) is 7.60. The summed E-state index contributed by atoms with van der Waals surface area (Å²) in [5.74, 6) is 1.57. The third-order valence-corrected chi connectivity index (χ3v) is 4.66. The lowest BCUT2D eigenvalue weighted by atomic mass is 10.0. The zero-order chi connectivity index (χ0) is 17.8. The van der Waals surface area contributed by atoms with Gasteiger partial charge in [0.2, 0.25) is 5.91 Å². The summed E-state index contributed by atoms with van der Waals surface area (Å²) < 4.78 is 11.1. The predicted octanol–water partition coefficient (Wildman–Crippen LogP) is 3.88. The molecule has 0 radical (unpaired) electrons. The molecule has 0 bridgehead atoms. The van der Waals surface area contributed by atoms with Crippen molar-refractivity contribution >= 4 is 5.91 Å². The van der Waals surface area contributed by atoms with Crippen LogP contribution in [0.2, 0.25) is 0 Å². The number of rotatable bonds is 5. The summed E-state index contributed by atoms with van der Waals surface area (Å²) in [5.41, 5.74) is 4.76. The summed E-state index contributed by atoms with van der Waals surface area (Å²) >= 11 is 0. The number of hydrogen-bond acceptors (Lipinski definition) is 3. The second-order valence-electron chi connectivity index (χ2n) is 6.61. The molecule has 0 aromatic heterocycles. The molecular weight excluding hydrogens is 314 g/mol. The van der Waals surface area contributed by atoms with Crippen molar-refractivity contribution in [3.63, 3.8) is 0 Å². The van der Waals surface area contributed by atoms with Crippen molar-refractivity contribution in [2.45, 2.75) is 39.7 Å². The van der Waals surface area contributed by atoms with Gasteiger partial charge in [0.25, 0.3) is 0 Å². The maximum atomic E-state index is 12.3. The van der Waals surface area contributed by atoms with E-state index in [1.54, 1.807) is 0 Å². The standard InChI is InChI=1S/C21H25NO3/c1-14-4-5-17(12-15(14)2)6-9-21(23)22-16(3)18-7-8-19-20(13-18)25-11-10-24-19/h4-5,7-8,12-13,16H,6,9-11H2,1-3H3,(H,22,23). The number of benzene rings is 2. The summed E-state index contributed by atoms with van der Waals surface area (Å²) in [6, 6.07) is 12.1. The van der Waals surface area contributed by atoms with Gasteiger partial charge in [-0.2, -0.15) is 0 Å². The maximum absolute atomic E-state index is 12.3. The smallest absolute Gasteiger partial charge is 0.220 e. The van der Waals surface area contributed by atoms with Crippen LogP contribution in [0.5, 0.6) is 11.5 Å². The molecule has 1 unspecified atom stereocenters. The van der Waals surface area contributed by atoms with Gasteiger partial charge in [-0.05, 0) is 61.6 Å². The average molecular weight is 339 g/mol. The van der Waals surface area contributed by atoms with E-state index in [2.05, 4.69) is 37.4 Å². The Morgan fingerprint density at radius 3 is 2.56 bits per heavy atom. The van der Waals surface area contributed by atoms with Crippen molar-refractivity contribution in [1.82, 2.24) is 5.32 Å². The van der Waals surface area contributed by atoms with E-state index in [4.69, 9.17) is 9.47 Å². The first-order valence-corrected chi connectivity index (χ1v) is 8.78. The quantitative estimate of drug-likeness (QED) is 0.899.